The van der Waals surface area contributed by atoms with Gasteiger partial charge in [-0.15, -0.1) is 5.11 Å². The normalized spacial score (nSPS) is 11.4. The first-order valence-corrected chi connectivity index (χ1v) is 13.3. The Bertz CT molecular complexity index is 1710. The molecule has 0 radical (unpaired) electrons. The third-order valence-corrected chi connectivity index (χ3v) is 6.89. The van der Waals surface area contributed by atoms with Crippen molar-refractivity contribution in [1.82, 2.24) is 0 Å². The molecule has 0 bridgehead atoms. The zero-order valence-electron chi connectivity index (χ0n) is 21.0. The van der Waals surface area contributed by atoms with Crippen LogP contribution >= 0.6 is 23.2 Å². The number of azo groups is 1. The molecule has 196 valence electrons. The SMILES string of the molecule is CCOc1ccc(NC(=O)c2cc3ccccc3c(N=Nc3c(Cl)cc(C)cc3S(=O)(=O)O)c2[O-])c(Cl)c1.[Na+]. The number of nitrogens with one attached hydrogen (secondary N) is 1. The number of anilines is 1. The van der Waals surface area contributed by atoms with E-state index in [4.69, 9.17) is 27.9 Å². The van der Waals surface area contributed by atoms with Gasteiger partial charge in [0.05, 0.1) is 28.0 Å². The number of amides is 1. The van der Waals surface area contributed by atoms with E-state index in [0.717, 1.165) is 0 Å². The largest absolute Gasteiger partial charge is 1.00 e. The predicted octanol–water partition coefficient (Wildman–Crippen LogP) is 3.85. The minimum Gasteiger partial charge on any atom is -0.870 e. The van der Waals surface area contributed by atoms with Gasteiger partial charge < -0.3 is 15.2 Å². The number of benzene rings is 4. The molecule has 2 N–H and O–H groups in total. The number of hydrogen-bond donors (Lipinski definition) is 2. The number of carbonyl (C=O) groups excluding carboxylic acids is 1. The average molecular weight is 596 g/mol. The number of nitrogens with zero attached hydrogens (tertiary/aromatic N) is 2. The van der Waals surface area contributed by atoms with Gasteiger partial charge in [-0.3, -0.25) is 9.35 Å². The van der Waals surface area contributed by atoms with Crippen molar-refractivity contribution in [3.05, 3.63) is 81.8 Å². The minimum atomic E-state index is -4.70. The predicted molar refractivity (Wildman–Crippen MR) is 144 cm³/mol. The number of rotatable bonds is 7. The van der Waals surface area contributed by atoms with Gasteiger partial charge in [0, 0.05) is 17.0 Å². The summed E-state index contributed by atoms with van der Waals surface area (Å²) in [5, 5.41) is 24.9. The Labute approximate surface area is 256 Å². The number of aryl methyl sites for hydroxylation is 1. The van der Waals surface area contributed by atoms with E-state index in [0.29, 0.717) is 28.7 Å². The zero-order valence-corrected chi connectivity index (χ0v) is 25.4. The molecule has 1 amide bonds. The Kier molecular flexibility index (Phi) is 10.0. The van der Waals surface area contributed by atoms with E-state index in [1.54, 1.807) is 43.3 Å². The van der Waals surface area contributed by atoms with Gasteiger partial charge in [0.25, 0.3) is 16.0 Å². The summed E-state index contributed by atoms with van der Waals surface area (Å²) in [6, 6.07) is 15.4. The summed E-state index contributed by atoms with van der Waals surface area (Å²) < 4.78 is 38.9. The summed E-state index contributed by atoms with van der Waals surface area (Å²) in [6.07, 6.45) is 0. The third-order valence-electron chi connectivity index (χ3n) is 5.42. The van der Waals surface area contributed by atoms with Gasteiger partial charge in [0.1, 0.15) is 16.3 Å². The van der Waals surface area contributed by atoms with Crippen LogP contribution in [0.25, 0.3) is 10.8 Å². The molecule has 0 aliphatic carbocycles. The fourth-order valence-corrected chi connectivity index (χ4v) is 5.03. The van der Waals surface area contributed by atoms with Crippen LogP contribution in [0.4, 0.5) is 17.1 Å². The second-order valence-electron chi connectivity index (χ2n) is 8.12. The van der Waals surface area contributed by atoms with Gasteiger partial charge in [-0.05, 0) is 55.1 Å². The summed E-state index contributed by atoms with van der Waals surface area (Å²) in [5.41, 5.74) is -0.0842. The first-order chi connectivity index (χ1) is 18.0. The van der Waals surface area contributed by atoms with Crippen LogP contribution in [0.5, 0.6) is 11.5 Å². The quantitative estimate of drug-likeness (QED) is 0.189. The molecule has 9 nitrogen and oxygen atoms in total. The van der Waals surface area contributed by atoms with Crippen molar-refractivity contribution in [2.45, 2.75) is 18.7 Å². The molecule has 39 heavy (non-hydrogen) atoms. The summed E-state index contributed by atoms with van der Waals surface area (Å²) in [7, 11) is -4.70. The molecular weight excluding hydrogens is 576 g/mol. The maximum Gasteiger partial charge on any atom is 1.00 e. The molecule has 4 rings (SSSR count). The van der Waals surface area contributed by atoms with Gasteiger partial charge in [-0.25, -0.2) is 0 Å². The summed E-state index contributed by atoms with van der Waals surface area (Å²) in [5.74, 6) is -0.980. The topological polar surface area (TPSA) is 140 Å². The Morgan fingerprint density at radius 2 is 1.72 bits per heavy atom. The number of carbonyl (C=O) groups is 1. The Hall–Kier alpha value is -2.70. The molecule has 13 heteroatoms. The third kappa shape index (κ3) is 6.90. The van der Waals surface area contributed by atoms with Crippen molar-refractivity contribution >= 4 is 67.1 Å². The van der Waals surface area contributed by atoms with Crippen LogP contribution in [0.1, 0.15) is 22.8 Å². The van der Waals surface area contributed by atoms with E-state index in [9.17, 15) is 22.9 Å². The van der Waals surface area contributed by atoms with Crippen molar-refractivity contribution in [3.8, 4) is 11.5 Å². The molecule has 0 spiro atoms. The number of hydrogen-bond acceptors (Lipinski definition) is 7. The van der Waals surface area contributed by atoms with Gasteiger partial charge in [0.15, 0.2) is 0 Å². The maximum absolute atomic E-state index is 13.4. The van der Waals surface area contributed by atoms with Gasteiger partial charge in [-0.2, -0.15) is 13.5 Å². The number of halogens is 2. The van der Waals surface area contributed by atoms with Gasteiger partial charge >= 0.3 is 29.6 Å². The molecule has 0 unspecified atom stereocenters. The van der Waals surface area contributed by atoms with E-state index >= 15 is 0 Å². The van der Waals surface area contributed by atoms with Crippen LogP contribution in [0.2, 0.25) is 10.0 Å². The fraction of sp³-hybridized carbons (Fsp3) is 0.115. The molecule has 0 aliphatic heterocycles. The van der Waals surface area contributed by atoms with Crippen molar-refractivity contribution in [2.24, 2.45) is 10.2 Å². The maximum atomic E-state index is 13.4. The molecule has 0 atom stereocenters. The molecule has 0 saturated heterocycles. The van der Waals surface area contributed by atoms with Crippen LogP contribution in [0.3, 0.4) is 0 Å². The summed E-state index contributed by atoms with van der Waals surface area (Å²) >= 11 is 12.5. The molecule has 4 aromatic rings. The van der Waals surface area contributed by atoms with Crippen LogP contribution in [-0.4, -0.2) is 25.5 Å². The molecule has 0 aromatic heterocycles. The second-order valence-corrected chi connectivity index (χ2v) is 10.3. The molecule has 0 saturated carbocycles. The summed E-state index contributed by atoms with van der Waals surface area (Å²) in [4.78, 5) is 12.6. The average Bonchev–Trinajstić information content (AvgIpc) is 2.85. The van der Waals surface area contributed by atoms with E-state index in [2.05, 4.69) is 15.5 Å². The van der Waals surface area contributed by atoms with Crippen molar-refractivity contribution in [2.75, 3.05) is 11.9 Å². The van der Waals surface area contributed by atoms with Crippen molar-refractivity contribution in [1.29, 1.82) is 0 Å². The van der Waals surface area contributed by atoms with E-state index in [1.807, 2.05) is 6.92 Å². The molecule has 0 heterocycles. The minimum absolute atomic E-state index is 0. The van der Waals surface area contributed by atoms with E-state index < -0.39 is 26.7 Å². The van der Waals surface area contributed by atoms with Crippen molar-refractivity contribution in [3.63, 3.8) is 0 Å². The Morgan fingerprint density at radius 3 is 2.38 bits per heavy atom. The smallest absolute Gasteiger partial charge is 0.870 e. The molecule has 4 aromatic carbocycles. The van der Waals surface area contributed by atoms with Gasteiger partial charge in [0.2, 0.25) is 0 Å². The standard InChI is InChI=1S/C26H21Cl2N3O6S.Na/c1-3-37-16-8-9-21(19(27)13-16)29-26(33)18-12-15-6-4-5-7-17(15)23(25(18)32)30-31-24-20(28)10-14(2)11-22(24)38(34,35)36;/h4-13,32H,3H2,1-2H3,(H,29,33)(H,34,35,36);/q;+1/p-1. The van der Waals surface area contributed by atoms with Crippen LogP contribution in [0, 0.1) is 6.92 Å². The zero-order chi connectivity index (χ0) is 27.6. The molecular formula is C26H20Cl2N3NaO6S. The van der Waals surface area contributed by atoms with Crippen molar-refractivity contribution < 1.29 is 57.2 Å². The first kappa shape index (κ1) is 30.8. The van der Waals surface area contributed by atoms with Crippen LogP contribution in [0.15, 0.2) is 75.8 Å². The van der Waals surface area contributed by atoms with Crippen LogP contribution < -0.4 is 44.7 Å². The number of ether oxygens (including phenoxy) is 1. The number of fused-ring (bicyclic) bond motifs is 1. The second kappa shape index (κ2) is 12.6. The Morgan fingerprint density at radius 1 is 1.03 bits per heavy atom. The Balaban J connectivity index is 0.00000420. The van der Waals surface area contributed by atoms with Gasteiger partial charge in [-0.1, -0.05) is 53.2 Å². The van der Waals surface area contributed by atoms with E-state index in [-0.39, 0.29) is 62.2 Å². The first-order valence-electron chi connectivity index (χ1n) is 11.2. The summed E-state index contributed by atoms with van der Waals surface area (Å²) in [6.45, 7) is 3.85. The van der Waals surface area contributed by atoms with Crippen LogP contribution in [-0.2, 0) is 10.1 Å². The monoisotopic (exact) mass is 595 g/mol. The fourth-order valence-electron chi connectivity index (χ4n) is 3.72. The molecule has 0 aliphatic rings. The molecule has 0 fully saturated rings. The van der Waals surface area contributed by atoms with E-state index in [1.165, 1.54) is 24.3 Å².